The summed E-state index contributed by atoms with van der Waals surface area (Å²) in [7, 11) is 0. The molecule has 7 nitrogen and oxygen atoms in total. The van der Waals surface area contributed by atoms with Crippen LogP contribution < -0.4 is 0 Å². The number of furan rings is 6. The molecule has 0 amide bonds. The first-order chi connectivity index (χ1) is 58.8. The van der Waals surface area contributed by atoms with Crippen molar-refractivity contribution in [2.45, 2.75) is 19.3 Å². The molecule has 30 rings (SSSR count). The van der Waals surface area contributed by atoms with Crippen LogP contribution in [-0.2, 0) is 5.41 Å². The van der Waals surface area contributed by atoms with Gasteiger partial charge in [0.15, 0.2) is 0 Å². The summed E-state index contributed by atoms with van der Waals surface area (Å²) in [5.41, 5.74) is 21.2. The van der Waals surface area contributed by atoms with E-state index in [1.807, 2.05) is 36.4 Å². The molecule has 1 aliphatic rings. The molecule has 0 fully saturated rings. The van der Waals surface area contributed by atoms with Crippen LogP contribution in [0.15, 0.2) is 359 Å². The molecule has 8 heteroatoms. The zero-order valence-electron chi connectivity index (χ0n) is 63.9. The summed E-state index contributed by atoms with van der Waals surface area (Å²) < 4.78 is 48.6. The van der Waals surface area contributed by atoms with Gasteiger partial charge in [-0.1, -0.05) is 244 Å². The Morgan fingerprint density at radius 2 is 0.412 bits per heavy atom. The molecular weight excluding hydrogens is 1480 g/mol. The van der Waals surface area contributed by atoms with E-state index in [0.29, 0.717) is 0 Å². The van der Waals surface area contributed by atoms with Gasteiger partial charge in [-0.2, -0.15) is 0 Å². The number of hydrogen-bond acceptors (Lipinski definition) is 8. The van der Waals surface area contributed by atoms with Gasteiger partial charge in [0.05, 0.1) is 10.8 Å². The Labute approximate surface area is 678 Å². The number of benzene rings is 21. The van der Waals surface area contributed by atoms with Gasteiger partial charge in [0.25, 0.3) is 0 Å². The highest BCUT2D eigenvalue weighted by atomic mass is 32.1. The second-order valence-electron chi connectivity index (χ2n) is 32.9. The highest BCUT2D eigenvalue weighted by Gasteiger charge is 2.36. The molecule has 0 N–H and O–H groups in total. The molecule has 0 saturated carbocycles. The Bertz CT molecular complexity index is 9100. The summed E-state index contributed by atoms with van der Waals surface area (Å²) in [5.74, 6) is 0. The molecule has 119 heavy (non-hydrogen) atoms. The number of rotatable bonds is 3. The van der Waals surface area contributed by atoms with E-state index in [2.05, 4.69) is 305 Å². The van der Waals surface area contributed by atoms with Crippen molar-refractivity contribution in [1.29, 1.82) is 0 Å². The van der Waals surface area contributed by atoms with Crippen LogP contribution in [0.25, 0.3) is 283 Å². The lowest BCUT2D eigenvalue weighted by Gasteiger charge is -2.26. The van der Waals surface area contributed by atoms with Crippen LogP contribution in [0.5, 0.6) is 0 Å². The third kappa shape index (κ3) is 8.53. The van der Waals surface area contributed by atoms with E-state index < -0.39 is 0 Å². The Morgan fingerprint density at radius 3 is 0.790 bits per heavy atom. The number of hydrogen-bond donors (Lipinski definition) is 0. The van der Waals surface area contributed by atoms with Crippen molar-refractivity contribution in [2.24, 2.45) is 0 Å². The lowest BCUT2D eigenvalue weighted by Crippen LogP contribution is -2.18. The van der Waals surface area contributed by atoms with E-state index in [-0.39, 0.29) is 5.41 Å². The Hall–Kier alpha value is -15.2. The molecule has 0 saturated heterocycles. The Balaban J connectivity index is 0.0000000927. The quantitative estimate of drug-likeness (QED) is 0.163. The molecule has 0 atom stereocenters. The standard InChI is InChI=1S/C39H24O2.C36H18O3.C36H18O2S/c1-39(2)29-13-7-15-31-34(29)36-33(40-31)20-27(38-37(36)35-30(39)14-8-16-32(35)41-38)21-17-18-26-24-11-4-3-9-22(24)23-10-5-6-12-25(23)28(26)19-21;1-2-9-22-20(7-1)21-8-3-4-10-23(21)26-17-19(15-16-24(22)26)25-18-31-34-32-27(11-5-12-28(32)38-31)37-29-13-6-14-30-33(29)35(34)36(25)39-30;1-2-9-22-20(7-1)21-8-3-4-10-23(21)26-17-19(15-16-24(22)26)25-18-29-34-32-27(37-29)11-5-13-30(32)39-31-14-6-12-28-33(31)35(34)36(25)38-28/h3-20H,1-2H3;2*1-18H. The van der Waals surface area contributed by atoms with E-state index in [4.69, 9.17) is 30.9 Å². The van der Waals surface area contributed by atoms with E-state index in [0.717, 1.165) is 144 Å². The van der Waals surface area contributed by atoms with E-state index in [9.17, 15) is 0 Å². The average Bonchev–Trinajstić information content (AvgIpc) is 1.54. The molecule has 0 bridgehead atoms. The van der Waals surface area contributed by atoms with Crippen LogP contribution in [0.1, 0.15) is 25.0 Å². The molecule has 0 radical (unpaired) electrons. The second kappa shape index (κ2) is 23.1. The molecular formula is C111H60O7S. The van der Waals surface area contributed by atoms with Gasteiger partial charge in [-0.25, -0.2) is 0 Å². The van der Waals surface area contributed by atoms with Gasteiger partial charge in [-0.3, -0.25) is 0 Å². The summed E-state index contributed by atoms with van der Waals surface area (Å²) in [6.07, 6.45) is 0. The van der Waals surface area contributed by atoms with Crippen molar-refractivity contribution in [2.75, 3.05) is 0 Å². The van der Waals surface area contributed by atoms with Gasteiger partial charge < -0.3 is 30.9 Å². The predicted molar refractivity (Wildman–Crippen MR) is 497 cm³/mol. The monoisotopic (exact) mass is 1540 g/mol. The van der Waals surface area contributed by atoms with Crippen molar-refractivity contribution in [3.8, 4) is 33.4 Å². The molecule has 8 aromatic heterocycles. The summed E-state index contributed by atoms with van der Waals surface area (Å²) in [6, 6.07) is 117. The summed E-state index contributed by atoms with van der Waals surface area (Å²) in [5, 5.41) is 36.3. The van der Waals surface area contributed by atoms with Gasteiger partial charge >= 0.3 is 0 Å². The molecule has 552 valence electrons. The van der Waals surface area contributed by atoms with Gasteiger partial charge in [-0.15, -0.1) is 11.3 Å². The summed E-state index contributed by atoms with van der Waals surface area (Å²) >= 11 is 1.80. The fraction of sp³-hybridized carbons (Fsp3) is 0.0270. The lowest BCUT2D eigenvalue weighted by atomic mass is 9.76. The molecule has 1 aliphatic carbocycles. The first-order valence-corrected chi connectivity index (χ1v) is 41.5. The van der Waals surface area contributed by atoms with Crippen LogP contribution in [-0.4, -0.2) is 0 Å². The van der Waals surface area contributed by atoms with E-state index in [1.54, 1.807) is 11.3 Å². The molecule has 0 spiro atoms. The van der Waals surface area contributed by atoms with Crippen LogP contribution in [0, 0.1) is 0 Å². The zero-order chi connectivity index (χ0) is 77.5. The van der Waals surface area contributed by atoms with Crippen molar-refractivity contribution < 1.29 is 30.9 Å². The zero-order valence-corrected chi connectivity index (χ0v) is 64.8. The minimum Gasteiger partial charge on any atom is -0.456 e. The maximum atomic E-state index is 6.80. The average molecular weight is 1540 g/mol. The minimum atomic E-state index is -0.200. The van der Waals surface area contributed by atoms with Gasteiger partial charge in [0.1, 0.15) is 78.2 Å². The third-order valence-electron chi connectivity index (χ3n) is 26.5. The molecule has 0 unspecified atom stereocenters. The third-order valence-corrected chi connectivity index (χ3v) is 27.6. The number of fused-ring (bicyclic) bond motifs is 18. The highest BCUT2D eigenvalue weighted by Crippen LogP contribution is 2.56. The fourth-order valence-corrected chi connectivity index (χ4v) is 22.5. The first kappa shape index (κ1) is 64.1. The first-order valence-electron chi connectivity index (χ1n) is 40.6. The van der Waals surface area contributed by atoms with Crippen molar-refractivity contribution in [3.63, 3.8) is 0 Å². The second-order valence-corrected chi connectivity index (χ2v) is 34.0. The van der Waals surface area contributed by atoms with Crippen molar-refractivity contribution >= 4 is 260 Å². The largest absolute Gasteiger partial charge is 0.456 e. The van der Waals surface area contributed by atoms with Crippen molar-refractivity contribution in [3.05, 3.63) is 339 Å². The minimum absolute atomic E-state index is 0.200. The Morgan fingerprint density at radius 1 is 0.176 bits per heavy atom. The molecule has 29 aromatic rings. The van der Waals surface area contributed by atoms with E-state index >= 15 is 0 Å². The van der Waals surface area contributed by atoms with Crippen LogP contribution in [0.4, 0.5) is 0 Å². The normalized spacial score (nSPS) is 13.2. The Kier molecular flexibility index (Phi) is 12.4. The van der Waals surface area contributed by atoms with E-state index in [1.165, 1.54) is 150 Å². The SMILES string of the molecule is CC1(C)c2cccc3oc4cc(-c5ccc6c7ccccc7c7ccccc7c6c5)c5oc6cccc1c6c5c4c23.c1cc2oc3cc(-c4ccc5c6ccccc6c6ccccc6c5c4)c4oc5cccc6sc(c1)c2c3c4c56.c1cc2oc3cccc4oc5c(-c6ccc7c8ccccc8c8ccccc8c7c6)cc6oc(c1)c2c6c5c34. The van der Waals surface area contributed by atoms with Gasteiger partial charge in [0.2, 0.25) is 0 Å². The predicted octanol–water partition coefficient (Wildman–Crippen LogP) is 33.3. The van der Waals surface area contributed by atoms with Crippen LogP contribution in [0.2, 0.25) is 0 Å². The smallest absolute Gasteiger partial charge is 0.144 e. The summed E-state index contributed by atoms with van der Waals surface area (Å²) in [6.45, 7) is 4.64. The van der Waals surface area contributed by atoms with Gasteiger partial charge in [-0.05, 0) is 222 Å². The fourth-order valence-electron chi connectivity index (χ4n) is 21.4. The highest BCUT2D eigenvalue weighted by molar-refractivity contribution is 7.24. The summed E-state index contributed by atoms with van der Waals surface area (Å²) in [4.78, 5) is 0. The van der Waals surface area contributed by atoms with Crippen molar-refractivity contribution in [1.82, 2.24) is 0 Å². The molecule has 21 aromatic carbocycles. The molecule has 0 aliphatic heterocycles. The van der Waals surface area contributed by atoms with Crippen LogP contribution in [0.3, 0.4) is 0 Å². The topological polar surface area (TPSA) is 92.0 Å². The van der Waals surface area contributed by atoms with Crippen LogP contribution >= 0.6 is 11.3 Å². The lowest BCUT2D eigenvalue weighted by molar-refractivity contribution is 0.644. The molecule has 8 heterocycles. The maximum absolute atomic E-state index is 6.80. The maximum Gasteiger partial charge on any atom is 0.144 e. The van der Waals surface area contributed by atoms with Gasteiger partial charge in [0, 0.05) is 85.4 Å².